The second-order valence-electron chi connectivity index (χ2n) is 7.75. The summed E-state index contributed by atoms with van der Waals surface area (Å²) in [5, 5.41) is 0. The van der Waals surface area contributed by atoms with Crippen molar-refractivity contribution in [3.05, 3.63) is 140 Å². The van der Waals surface area contributed by atoms with Gasteiger partial charge in [-0.15, -0.1) is 0 Å². The molecule has 0 heterocycles. The monoisotopic (exact) mass is 394 g/mol. The molecule has 5 aromatic carbocycles. The Balaban J connectivity index is 1.77. The van der Waals surface area contributed by atoms with E-state index < -0.39 is 0 Å². The summed E-state index contributed by atoms with van der Waals surface area (Å²) in [4.78, 5) is 0. The Morgan fingerprint density at radius 1 is 0.323 bits per heavy atom. The van der Waals surface area contributed by atoms with Gasteiger partial charge in [0.15, 0.2) is 0 Å². The van der Waals surface area contributed by atoms with Crippen LogP contribution in [0.15, 0.2) is 140 Å². The van der Waals surface area contributed by atoms with Crippen molar-refractivity contribution < 1.29 is 0 Å². The maximum atomic E-state index is 2.28. The lowest BCUT2D eigenvalue weighted by Gasteiger charge is -2.22. The molecule has 0 amide bonds. The molecule has 0 fully saturated rings. The molecule has 0 N–H and O–H groups in total. The topological polar surface area (TPSA) is 0 Å². The smallest absolute Gasteiger partial charge is 0.0686 e. The summed E-state index contributed by atoms with van der Waals surface area (Å²) in [5.74, 6) is 0. The van der Waals surface area contributed by atoms with Crippen molar-refractivity contribution in [3.8, 4) is 22.3 Å². The average Bonchev–Trinajstić information content (AvgIpc) is 2.87. The molecule has 1 heteroatoms. The lowest BCUT2D eigenvalue weighted by Crippen LogP contribution is -2.53. The van der Waals surface area contributed by atoms with Gasteiger partial charge in [-0.1, -0.05) is 156 Å². The van der Waals surface area contributed by atoms with Crippen molar-refractivity contribution in [2.75, 3.05) is 0 Å². The molecule has 146 valence electrons. The van der Waals surface area contributed by atoms with Crippen LogP contribution < -0.4 is 16.4 Å². The zero-order valence-corrected chi connectivity index (χ0v) is 17.4. The van der Waals surface area contributed by atoms with Gasteiger partial charge in [0.05, 0.1) is 0 Å². The van der Waals surface area contributed by atoms with Gasteiger partial charge in [-0.3, -0.25) is 0 Å². The number of hydrogen-bond acceptors (Lipinski definition) is 0. The SMILES string of the molecule is c1ccc(B(c2ccccc2-c2ccccc2)c2ccccc2-c2ccccc2)cc1. The van der Waals surface area contributed by atoms with Gasteiger partial charge in [0.1, 0.15) is 0 Å². The summed E-state index contributed by atoms with van der Waals surface area (Å²) in [6.07, 6.45) is 0. The first kappa shape index (κ1) is 19.1. The predicted octanol–water partition coefficient (Wildman–Crippen LogP) is 5.54. The van der Waals surface area contributed by atoms with Crippen LogP contribution in [0.1, 0.15) is 0 Å². The standard InChI is InChI=1S/C30H23B/c1-4-14-24(15-5-1)27-20-10-12-22-29(27)31(26-18-8-3-9-19-26)30-23-13-11-21-28(30)25-16-6-2-7-17-25/h1-23H. The third-order valence-corrected chi connectivity index (χ3v) is 5.85. The lowest BCUT2D eigenvalue weighted by atomic mass is 9.35. The van der Waals surface area contributed by atoms with Crippen LogP contribution in [0.5, 0.6) is 0 Å². The molecule has 5 aromatic rings. The van der Waals surface area contributed by atoms with Gasteiger partial charge in [-0.25, -0.2) is 0 Å². The van der Waals surface area contributed by atoms with Gasteiger partial charge < -0.3 is 0 Å². The van der Waals surface area contributed by atoms with E-state index in [0.717, 1.165) is 0 Å². The Labute approximate surface area is 184 Å². The molecular formula is C30H23B. The van der Waals surface area contributed by atoms with Crippen molar-refractivity contribution in [1.29, 1.82) is 0 Å². The van der Waals surface area contributed by atoms with Crippen LogP contribution in [0.25, 0.3) is 22.3 Å². The summed E-state index contributed by atoms with van der Waals surface area (Å²) in [5.41, 5.74) is 8.99. The second kappa shape index (κ2) is 8.89. The second-order valence-corrected chi connectivity index (χ2v) is 7.75. The molecule has 0 spiro atoms. The molecule has 0 atom stereocenters. The fraction of sp³-hybridized carbons (Fsp3) is 0. The summed E-state index contributed by atoms with van der Waals surface area (Å²) in [6.45, 7) is 0.133. The minimum Gasteiger partial charge on any atom is -0.0686 e. The fourth-order valence-electron chi connectivity index (χ4n) is 4.43. The van der Waals surface area contributed by atoms with Crippen LogP contribution in [-0.2, 0) is 0 Å². The largest absolute Gasteiger partial charge is 0.242 e. The summed E-state index contributed by atoms with van der Waals surface area (Å²) in [7, 11) is 0. The molecule has 0 aliphatic rings. The van der Waals surface area contributed by atoms with E-state index >= 15 is 0 Å². The molecule has 5 rings (SSSR count). The van der Waals surface area contributed by atoms with Crippen molar-refractivity contribution in [2.45, 2.75) is 0 Å². The van der Waals surface area contributed by atoms with E-state index in [1.54, 1.807) is 0 Å². The molecule has 0 nitrogen and oxygen atoms in total. The van der Waals surface area contributed by atoms with E-state index in [-0.39, 0.29) is 6.71 Å². The quantitative estimate of drug-likeness (QED) is 0.344. The molecule has 0 saturated heterocycles. The molecule has 31 heavy (non-hydrogen) atoms. The van der Waals surface area contributed by atoms with Gasteiger partial charge in [0, 0.05) is 0 Å². The van der Waals surface area contributed by atoms with Crippen molar-refractivity contribution in [1.82, 2.24) is 0 Å². The van der Waals surface area contributed by atoms with Crippen LogP contribution in [-0.4, -0.2) is 6.71 Å². The van der Waals surface area contributed by atoms with Crippen LogP contribution in [0.3, 0.4) is 0 Å². The first-order valence-electron chi connectivity index (χ1n) is 10.8. The third-order valence-electron chi connectivity index (χ3n) is 5.85. The molecule has 0 radical (unpaired) electrons. The van der Waals surface area contributed by atoms with Gasteiger partial charge in [0.25, 0.3) is 0 Å². The average molecular weight is 394 g/mol. The number of benzene rings is 5. The zero-order valence-electron chi connectivity index (χ0n) is 17.4. The lowest BCUT2D eigenvalue weighted by molar-refractivity contribution is 1.63. The molecule has 0 unspecified atom stereocenters. The summed E-state index contributed by atoms with van der Waals surface area (Å²) >= 11 is 0. The van der Waals surface area contributed by atoms with Crippen molar-refractivity contribution in [3.63, 3.8) is 0 Å². The minimum atomic E-state index is 0.133. The highest BCUT2D eigenvalue weighted by Gasteiger charge is 2.26. The van der Waals surface area contributed by atoms with Crippen molar-refractivity contribution >= 4 is 23.1 Å². The molecule has 0 bridgehead atoms. The Bertz CT molecular complexity index is 1180. The Morgan fingerprint density at radius 3 is 1.13 bits per heavy atom. The predicted molar refractivity (Wildman–Crippen MR) is 135 cm³/mol. The first-order chi connectivity index (χ1) is 15.4. The summed E-state index contributed by atoms with van der Waals surface area (Å²) < 4.78 is 0. The van der Waals surface area contributed by atoms with E-state index in [4.69, 9.17) is 0 Å². The van der Waals surface area contributed by atoms with E-state index in [1.165, 1.54) is 38.6 Å². The van der Waals surface area contributed by atoms with Crippen molar-refractivity contribution in [2.24, 2.45) is 0 Å². The highest BCUT2D eigenvalue weighted by atomic mass is 14.1. The minimum absolute atomic E-state index is 0.133. The normalized spacial score (nSPS) is 10.6. The Hall–Kier alpha value is -3.84. The molecule has 0 aromatic heterocycles. The zero-order chi connectivity index (χ0) is 20.9. The maximum absolute atomic E-state index is 2.28. The van der Waals surface area contributed by atoms with Crippen LogP contribution in [0, 0.1) is 0 Å². The molecule has 0 aliphatic carbocycles. The van der Waals surface area contributed by atoms with Crippen LogP contribution >= 0.6 is 0 Å². The van der Waals surface area contributed by atoms with E-state index in [0.29, 0.717) is 0 Å². The van der Waals surface area contributed by atoms with Crippen LogP contribution in [0.4, 0.5) is 0 Å². The third kappa shape index (κ3) is 3.95. The molecular weight excluding hydrogens is 371 g/mol. The Kier molecular flexibility index (Phi) is 5.49. The Morgan fingerprint density at radius 2 is 0.677 bits per heavy atom. The maximum Gasteiger partial charge on any atom is 0.242 e. The molecule has 0 saturated carbocycles. The number of hydrogen-bond donors (Lipinski definition) is 0. The molecule has 0 aliphatic heterocycles. The first-order valence-corrected chi connectivity index (χ1v) is 10.8. The summed E-state index contributed by atoms with van der Waals surface area (Å²) in [6, 6.07) is 49.9. The van der Waals surface area contributed by atoms with E-state index in [1.807, 2.05) is 0 Å². The van der Waals surface area contributed by atoms with Gasteiger partial charge in [-0.05, 0) is 22.3 Å². The van der Waals surface area contributed by atoms with Gasteiger partial charge >= 0.3 is 0 Å². The van der Waals surface area contributed by atoms with Gasteiger partial charge in [0.2, 0.25) is 6.71 Å². The van der Waals surface area contributed by atoms with Crippen LogP contribution in [0.2, 0.25) is 0 Å². The highest BCUT2D eigenvalue weighted by molar-refractivity contribution is 6.97. The number of rotatable bonds is 5. The highest BCUT2D eigenvalue weighted by Crippen LogP contribution is 2.21. The van der Waals surface area contributed by atoms with Gasteiger partial charge in [-0.2, -0.15) is 0 Å². The van der Waals surface area contributed by atoms with E-state index in [9.17, 15) is 0 Å². The van der Waals surface area contributed by atoms with E-state index in [2.05, 4.69) is 140 Å². The fourth-order valence-corrected chi connectivity index (χ4v) is 4.43.